The summed E-state index contributed by atoms with van der Waals surface area (Å²) in [5.74, 6) is 0.352. The number of hydrogen-bond acceptors (Lipinski definition) is 2. The van der Waals surface area contributed by atoms with Crippen LogP contribution in [-0.4, -0.2) is 17.9 Å². The number of rotatable bonds is 3. The highest BCUT2D eigenvalue weighted by atomic mass is 35.5. The van der Waals surface area contributed by atoms with Gasteiger partial charge in [-0.05, 0) is 43.2 Å². The molecule has 114 valence electrons. The van der Waals surface area contributed by atoms with Crippen LogP contribution in [0.1, 0.15) is 44.1 Å². The predicted octanol–water partition coefficient (Wildman–Crippen LogP) is 3.90. The van der Waals surface area contributed by atoms with Gasteiger partial charge in [0.15, 0.2) is 5.78 Å². The largest absolute Gasteiger partial charge is 0.304 e. The standard InChI is InChI=1S/C17H21ClFNO/c18-13-6-3-5-12(17(13)19)10-16(21)15-9-8-11-4-1-2-7-14(11)20-15/h3,5-6,11,14-15,20H,1-2,4,7-10H2. The van der Waals surface area contributed by atoms with Crippen LogP contribution in [0, 0.1) is 11.7 Å². The molecule has 0 bridgehead atoms. The van der Waals surface area contributed by atoms with Crippen molar-refractivity contribution in [3.05, 3.63) is 34.6 Å². The average Bonchev–Trinajstić information content (AvgIpc) is 2.51. The predicted molar refractivity (Wildman–Crippen MR) is 82.0 cm³/mol. The van der Waals surface area contributed by atoms with Crippen molar-refractivity contribution in [2.75, 3.05) is 0 Å². The fourth-order valence-corrected chi connectivity index (χ4v) is 3.94. The number of piperidine rings is 1. The van der Waals surface area contributed by atoms with Crippen LogP contribution in [0.25, 0.3) is 0 Å². The number of fused-ring (bicyclic) bond motifs is 1. The molecular weight excluding hydrogens is 289 g/mol. The third-order valence-corrected chi connectivity index (χ3v) is 5.23. The van der Waals surface area contributed by atoms with Gasteiger partial charge in [-0.3, -0.25) is 4.79 Å². The van der Waals surface area contributed by atoms with Gasteiger partial charge in [0.2, 0.25) is 0 Å². The molecule has 1 aliphatic carbocycles. The monoisotopic (exact) mass is 309 g/mol. The van der Waals surface area contributed by atoms with E-state index in [1.54, 1.807) is 12.1 Å². The van der Waals surface area contributed by atoms with Crippen LogP contribution in [-0.2, 0) is 11.2 Å². The van der Waals surface area contributed by atoms with Gasteiger partial charge in [-0.1, -0.05) is 36.6 Å². The zero-order chi connectivity index (χ0) is 14.8. The molecule has 3 atom stereocenters. The van der Waals surface area contributed by atoms with Gasteiger partial charge in [0, 0.05) is 12.5 Å². The Morgan fingerprint density at radius 3 is 2.90 bits per heavy atom. The second kappa shape index (κ2) is 6.45. The summed E-state index contributed by atoms with van der Waals surface area (Å²) in [6.45, 7) is 0. The van der Waals surface area contributed by atoms with E-state index in [-0.39, 0.29) is 23.3 Å². The number of halogens is 2. The molecule has 2 fully saturated rings. The van der Waals surface area contributed by atoms with E-state index in [1.807, 2.05) is 0 Å². The molecule has 1 saturated carbocycles. The van der Waals surface area contributed by atoms with E-state index in [0.717, 1.165) is 18.8 Å². The molecule has 0 radical (unpaired) electrons. The second-order valence-corrected chi connectivity index (χ2v) is 6.71. The lowest BCUT2D eigenvalue weighted by Gasteiger charge is -2.40. The van der Waals surface area contributed by atoms with Crippen LogP contribution in [0.4, 0.5) is 4.39 Å². The lowest BCUT2D eigenvalue weighted by Crippen LogP contribution is -2.52. The number of Topliss-reactive ketones (excluding diaryl/α,β-unsaturated/α-hetero) is 1. The Labute approximate surface area is 130 Å². The van der Waals surface area contributed by atoms with Gasteiger partial charge in [0.05, 0.1) is 11.1 Å². The molecule has 0 amide bonds. The van der Waals surface area contributed by atoms with Gasteiger partial charge >= 0.3 is 0 Å². The third-order valence-electron chi connectivity index (χ3n) is 4.94. The van der Waals surface area contributed by atoms with Crippen LogP contribution in [0.2, 0.25) is 5.02 Å². The molecular formula is C17H21ClFNO. The van der Waals surface area contributed by atoms with E-state index in [0.29, 0.717) is 11.6 Å². The lowest BCUT2D eigenvalue weighted by atomic mass is 9.77. The van der Waals surface area contributed by atoms with Gasteiger partial charge < -0.3 is 5.32 Å². The first-order chi connectivity index (χ1) is 10.1. The summed E-state index contributed by atoms with van der Waals surface area (Å²) in [6, 6.07) is 5.20. The maximum atomic E-state index is 13.9. The maximum absolute atomic E-state index is 13.9. The summed E-state index contributed by atoms with van der Waals surface area (Å²) < 4.78 is 13.9. The summed E-state index contributed by atoms with van der Waals surface area (Å²) in [5.41, 5.74) is 0.403. The van der Waals surface area contributed by atoms with Gasteiger partial charge in [0.1, 0.15) is 5.82 Å². The number of carbonyl (C=O) groups is 1. The summed E-state index contributed by atoms with van der Waals surface area (Å²) in [4.78, 5) is 12.4. The number of carbonyl (C=O) groups excluding carboxylic acids is 1. The van der Waals surface area contributed by atoms with Gasteiger partial charge in [0.25, 0.3) is 0 Å². The SMILES string of the molecule is O=C(Cc1cccc(Cl)c1F)C1CCC2CCCCC2N1. The van der Waals surface area contributed by atoms with Crippen molar-refractivity contribution in [1.82, 2.24) is 5.32 Å². The topological polar surface area (TPSA) is 29.1 Å². The Bertz CT molecular complexity index is 534. The van der Waals surface area contributed by atoms with Crippen molar-refractivity contribution in [3.63, 3.8) is 0 Å². The van der Waals surface area contributed by atoms with Gasteiger partial charge in [-0.15, -0.1) is 0 Å². The first-order valence-corrected chi connectivity index (χ1v) is 8.24. The van der Waals surface area contributed by atoms with Gasteiger partial charge in [-0.2, -0.15) is 0 Å². The van der Waals surface area contributed by atoms with Crippen molar-refractivity contribution in [2.45, 2.75) is 57.0 Å². The number of ketones is 1. The zero-order valence-corrected chi connectivity index (χ0v) is 12.8. The molecule has 2 nitrogen and oxygen atoms in total. The molecule has 1 aromatic carbocycles. The van der Waals surface area contributed by atoms with Crippen molar-refractivity contribution in [1.29, 1.82) is 0 Å². The van der Waals surface area contributed by atoms with E-state index >= 15 is 0 Å². The average molecular weight is 310 g/mol. The van der Waals surface area contributed by atoms with E-state index in [2.05, 4.69) is 5.32 Å². The molecule has 3 unspecified atom stereocenters. The summed E-state index contributed by atoms with van der Waals surface area (Å²) in [7, 11) is 0. The van der Waals surface area contributed by atoms with E-state index in [9.17, 15) is 9.18 Å². The van der Waals surface area contributed by atoms with Crippen molar-refractivity contribution < 1.29 is 9.18 Å². The summed E-state index contributed by atoms with van der Waals surface area (Å²) in [6.07, 6.45) is 7.13. The normalized spacial score (nSPS) is 29.0. The summed E-state index contributed by atoms with van der Waals surface area (Å²) >= 11 is 5.77. The minimum Gasteiger partial charge on any atom is -0.304 e. The first kappa shape index (κ1) is 15.0. The number of nitrogens with one attached hydrogen (secondary N) is 1. The maximum Gasteiger partial charge on any atom is 0.154 e. The second-order valence-electron chi connectivity index (χ2n) is 6.30. The molecule has 1 aliphatic heterocycles. The molecule has 0 aromatic heterocycles. The Balaban J connectivity index is 1.64. The fourth-order valence-electron chi connectivity index (χ4n) is 3.74. The van der Waals surface area contributed by atoms with E-state index < -0.39 is 5.82 Å². The Morgan fingerprint density at radius 2 is 2.05 bits per heavy atom. The van der Waals surface area contributed by atoms with Crippen molar-refractivity contribution in [3.8, 4) is 0 Å². The van der Waals surface area contributed by atoms with Crippen molar-refractivity contribution in [2.24, 2.45) is 5.92 Å². The Hall–Kier alpha value is -0.930. The molecule has 3 rings (SSSR count). The number of hydrogen-bond donors (Lipinski definition) is 1. The Kier molecular flexibility index (Phi) is 4.60. The minimum atomic E-state index is -0.459. The zero-order valence-electron chi connectivity index (χ0n) is 12.1. The van der Waals surface area contributed by atoms with Crippen LogP contribution >= 0.6 is 11.6 Å². The molecule has 1 aromatic rings. The third kappa shape index (κ3) is 3.29. The highest BCUT2D eigenvalue weighted by Gasteiger charge is 2.34. The molecule has 0 spiro atoms. The van der Waals surface area contributed by atoms with Gasteiger partial charge in [-0.25, -0.2) is 4.39 Å². The molecule has 1 N–H and O–H groups in total. The highest BCUT2D eigenvalue weighted by molar-refractivity contribution is 6.30. The van der Waals surface area contributed by atoms with E-state index in [4.69, 9.17) is 11.6 Å². The van der Waals surface area contributed by atoms with Crippen LogP contribution in [0.15, 0.2) is 18.2 Å². The smallest absolute Gasteiger partial charge is 0.154 e. The van der Waals surface area contributed by atoms with Crippen LogP contribution < -0.4 is 5.32 Å². The summed E-state index contributed by atoms with van der Waals surface area (Å²) in [5, 5.41) is 3.59. The molecule has 4 heteroatoms. The highest BCUT2D eigenvalue weighted by Crippen LogP contribution is 2.32. The number of benzene rings is 1. The van der Waals surface area contributed by atoms with E-state index in [1.165, 1.54) is 31.7 Å². The molecule has 1 saturated heterocycles. The van der Waals surface area contributed by atoms with Crippen molar-refractivity contribution >= 4 is 17.4 Å². The minimum absolute atomic E-state index is 0.0835. The molecule has 2 aliphatic rings. The Morgan fingerprint density at radius 1 is 1.24 bits per heavy atom. The first-order valence-electron chi connectivity index (χ1n) is 7.87. The quantitative estimate of drug-likeness (QED) is 0.917. The molecule has 1 heterocycles. The fraction of sp³-hybridized carbons (Fsp3) is 0.588. The van der Waals surface area contributed by atoms with Crippen LogP contribution in [0.5, 0.6) is 0 Å². The van der Waals surface area contributed by atoms with Crippen LogP contribution in [0.3, 0.4) is 0 Å². The molecule has 21 heavy (non-hydrogen) atoms. The lowest BCUT2D eigenvalue weighted by molar-refractivity contribution is -0.121.